The van der Waals surface area contributed by atoms with Gasteiger partial charge in [-0.1, -0.05) is 0 Å². The van der Waals surface area contributed by atoms with E-state index in [0.29, 0.717) is 4.90 Å². The van der Waals surface area contributed by atoms with E-state index in [4.69, 9.17) is 5.11 Å². The molecule has 1 N–H and O–H groups in total. The minimum Gasteiger partial charge on any atom is -0.477 e. The van der Waals surface area contributed by atoms with Gasteiger partial charge in [-0.15, -0.1) is 0 Å². The van der Waals surface area contributed by atoms with Gasteiger partial charge in [0.25, 0.3) is 6.43 Å². The highest BCUT2D eigenvalue weighted by molar-refractivity contribution is 5.75. The lowest BCUT2D eigenvalue weighted by atomic mass is 10.3. The number of aliphatic carboxylic acids is 1. The van der Waals surface area contributed by atoms with E-state index >= 15 is 0 Å². The first-order valence-electron chi connectivity index (χ1n) is 3.33. The van der Waals surface area contributed by atoms with E-state index in [0.717, 1.165) is 7.05 Å². The third-order valence-electron chi connectivity index (χ3n) is 1.23. The molecule has 0 aliphatic rings. The van der Waals surface area contributed by atoms with Crippen molar-refractivity contribution in [1.82, 2.24) is 4.90 Å². The summed E-state index contributed by atoms with van der Waals surface area (Å²) in [5, 5.41) is 7.96. The van der Waals surface area contributed by atoms with Gasteiger partial charge in [0, 0.05) is 0 Å². The Morgan fingerprint density at radius 2 is 2.00 bits per heavy atom. The first-order chi connectivity index (χ1) is 5.75. The molecule has 0 saturated heterocycles. The number of alkyl halides is 4. The lowest BCUT2D eigenvalue weighted by molar-refractivity contribution is -0.167. The van der Waals surface area contributed by atoms with Gasteiger partial charge in [0.1, 0.15) is 0 Å². The predicted octanol–water partition coefficient (Wildman–Crippen LogP) is 0.903. The zero-order chi connectivity index (χ0) is 10.6. The quantitative estimate of drug-likeness (QED) is 0.675. The van der Waals surface area contributed by atoms with Gasteiger partial charge in [-0.2, -0.15) is 8.78 Å². The maximum atomic E-state index is 12.4. The van der Waals surface area contributed by atoms with Gasteiger partial charge < -0.3 is 5.11 Å². The van der Waals surface area contributed by atoms with Crippen molar-refractivity contribution < 1.29 is 27.5 Å². The normalized spacial score (nSPS) is 12.5. The molecule has 78 valence electrons. The largest absolute Gasteiger partial charge is 0.477 e. The van der Waals surface area contributed by atoms with E-state index < -0.39 is 31.4 Å². The van der Waals surface area contributed by atoms with Crippen LogP contribution in [0.4, 0.5) is 17.6 Å². The van der Waals surface area contributed by atoms with Crippen LogP contribution in [-0.2, 0) is 4.79 Å². The highest BCUT2D eigenvalue weighted by Crippen LogP contribution is 2.15. The number of carboxylic acid groups (broad SMARTS) is 1. The van der Waals surface area contributed by atoms with Crippen LogP contribution in [0.3, 0.4) is 0 Å². The zero-order valence-electron chi connectivity index (χ0n) is 6.81. The molecule has 0 rings (SSSR count). The molecule has 0 aliphatic carbocycles. The molecule has 0 aromatic heterocycles. The number of carbonyl (C=O) groups is 1. The van der Waals surface area contributed by atoms with Gasteiger partial charge in [0.05, 0.1) is 13.1 Å². The summed E-state index contributed by atoms with van der Waals surface area (Å²) >= 11 is 0. The Morgan fingerprint density at radius 3 is 2.31 bits per heavy atom. The van der Waals surface area contributed by atoms with Crippen LogP contribution in [0.25, 0.3) is 0 Å². The van der Waals surface area contributed by atoms with Gasteiger partial charge in [0.2, 0.25) is 0 Å². The fourth-order valence-corrected chi connectivity index (χ4v) is 0.707. The highest BCUT2D eigenvalue weighted by atomic mass is 19.3. The molecule has 13 heavy (non-hydrogen) atoms. The van der Waals surface area contributed by atoms with Crippen molar-refractivity contribution in [2.45, 2.75) is 12.3 Å². The third kappa shape index (κ3) is 4.66. The SMILES string of the molecule is CN(CC(F)F)CC(F)(F)C(=O)O. The van der Waals surface area contributed by atoms with Gasteiger partial charge >= 0.3 is 11.9 Å². The van der Waals surface area contributed by atoms with Crippen molar-refractivity contribution in [2.75, 3.05) is 20.1 Å². The molecule has 0 radical (unpaired) electrons. The molecule has 7 heteroatoms. The molecule has 0 heterocycles. The van der Waals surface area contributed by atoms with E-state index in [2.05, 4.69) is 0 Å². The van der Waals surface area contributed by atoms with Gasteiger partial charge in [-0.3, -0.25) is 4.90 Å². The maximum Gasteiger partial charge on any atom is 0.375 e. The molecule has 0 saturated carbocycles. The van der Waals surface area contributed by atoms with Crippen LogP contribution in [0, 0.1) is 0 Å². The number of nitrogens with zero attached hydrogens (tertiary/aromatic N) is 1. The molecule has 0 amide bonds. The summed E-state index contributed by atoms with van der Waals surface area (Å²) in [6.07, 6.45) is -2.76. The lowest BCUT2D eigenvalue weighted by Crippen LogP contribution is -2.42. The van der Waals surface area contributed by atoms with Crippen LogP contribution in [-0.4, -0.2) is 48.5 Å². The summed E-state index contributed by atoms with van der Waals surface area (Å²) in [6, 6.07) is 0. The van der Waals surface area contributed by atoms with E-state index in [1.807, 2.05) is 0 Å². The van der Waals surface area contributed by atoms with Crippen molar-refractivity contribution in [3.8, 4) is 0 Å². The highest BCUT2D eigenvalue weighted by Gasteiger charge is 2.40. The third-order valence-corrected chi connectivity index (χ3v) is 1.23. The van der Waals surface area contributed by atoms with Crippen LogP contribution < -0.4 is 0 Å². The average molecular weight is 203 g/mol. The summed E-state index contributed by atoms with van der Waals surface area (Å²) in [4.78, 5) is 10.4. The minimum atomic E-state index is -3.98. The number of hydrogen-bond donors (Lipinski definition) is 1. The summed E-state index contributed by atoms with van der Waals surface area (Å²) in [5.74, 6) is -6.29. The fourth-order valence-electron chi connectivity index (χ4n) is 0.707. The van der Waals surface area contributed by atoms with Gasteiger partial charge in [0.15, 0.2) is 0 Å². The average Bonchev–Trinajstić information content (AvgIpc) is 1.82. The Morgan fingerprint density at radius 1 is 1.54 bits per heavy atom. The minimum absolute atomic E-state index is 0.568. The number of hydrogen-bond acceptors (Lipinski definition) is 2. The van der Waals surface area contributed by atoms with Crippen molar-refractivity contribution in [3.05, 3.63) is 0 Å². The lowest BCUT2D eigenvalue weighted by Gasteiger charge is -2.19. The summed E-state index contributed by atoms with van der Waals surface area (Å²) in [5.41, 5.74) is 0. The van der Waals surface area contributed by atoms with Crippen LogP contribution in [0.1, 0.15) is 0 Å². The molecule has 0 bridgehead atoms. The number of rotatable bonds is 5. The first-order valence-corrected chi connectivity index (χ1v) is 3.33. The van der Waals surface area contributed by atoms with Crippen molar-refractivity contribution in [2.24, 2.45) is 0 Å². The Kier molecular flexibility index (Phi) is 4.12. The maximum absolute atomic E-state index is 12.4. The molecule has 0 spiro atoms. The second-order valence-electron chi connectivity index (χ2n) is 2.60. The molecular formula is C6H9F4NO2. The Hall–Kier alpha value is -0.850. The Bertz CT molecular complexity index is 185. The molecule has 0 aliphatic heterocycles. The molecule has 0 fully saturated rings. The molecule has 0 atom stereocenters. The second-order valence-corrected chi connectivity index (χ2v) is 2.60. The Balaban J connectivity index is 4.04. The molecule has 0 aromatic carbocycles. The summed E-state index contributed by atoms with van der Waals surface area (Å²) in [6.45, 7) is -2.09. The van der Waals surface area contributed by atoms with E-state index in [1.54, 1.807) is 0 Å². The zero-order valence-corrected chi connectivity index (χ0v) is 6.81. The standard InChI is InChI=1S/C6H9F4NO2/c1-11(2-4(7)8)3-6(9,10)5(12)13/h4H,2-3H2,1H3,(H,12,13). The predicted molar refractivity (Wildman–Crippen MR) is 36.1 cm³/mol. The smallest absolute Gasteiger partial charge is 0.375 e. The van der Waals surface area contributed by atoms with E-state index in [9.17, 15) is 22.4 Å². The molecule has 0 unspecified atom stereocenters. The topological polar surface area (TPSA) is 40.5 Å². The number of carboxylic acids is 1. The second kappa shape index (κ2) is 4.40. The summed E-state index contributed by atoms with van der Waals surface area (Å²) < 4.78 is 48.0. The van der Waals surface area contributed by atoms with Gasteiger partial charge in [-0.25, -0.2) is 13.6 Å². The van der Waals surface area contributed by atoms with Gasteiger partial charge in [-0.05, 0) is 7.05 Å². The number of halogens is 4. The van der Waals surface area contributed by atoms with E-state index in [-0.39, 0.29) is 0 Å². The van der Waals surface area contributed by atoms with E-state index in [1.165, 1.54) is 0 Å². The van der Waals surface area contributed by atoms with Crippen molar-refractivity contribution in [1.29, 1.82) is 0 Å². The summed E-state index contributed by atoms with van der Waals surface area (Å²) in [7, 11) is 1.00. The first kappa shape index (κ1) is 12.2. The molecule has 3 nitrogen and oxygen atoms in total. The van der Waals surface area contributed by atoms with Crippen LogP contribution >= 0.6 is 0 Å². The molecular weight excluding hydrogens is 194 g/mol. The van der Waals surface area contributed by atoms with Crippen molar-refractivity contribution >= 4 is 5.97 Å². The monoisotopic (exact) mass is 203 g/mol. The molecule has 0 aromatic rings. The van der Waals surface area contributed by atoms with Crippen LogP contribution in [0.2, 0.25) is 0 Å². The Labute approximate surface area is 71.9 Å². The van der Waals surface area contributed by atoms with Crippen molar-refractivity contribution in [3.63, 3.8) is 0 Å². The fraction of sp³-hybridized carbons (Fsp3) is 0.833. The van der Waals surface area contributed by atoms with Crippen LogP contribution in [0.5, 0.6) is 0 Å². The van der Waals surface area contributed by atoms with Crippen LogP contribution in [0.15, 0.2) is 0 Å².